The van der Waals surface area contributed by atoms with Gasteiger partial charge in [0.25, 0.3) is 0 Å². The second-order valence-corrected chi connectivity index (χ2v) is 4.21. The second kappa shape index (κ2) is 5.23. The molecule has 2 N–H and O–H groups in total. The first-order chi connectivity index (χ1) is 8.24. The lowest BCUT2D eigenvalue weighted by molar-refractivity contribution is 0.318. The third-order valence-corrected chi connectivity index (χ3v) is 2.78. The molecule has 0 bridgehead atoms. The molecule has 1 atom stereocenters. The maximum absolute atomic E-state index is 5.95. The fraction of sp³-hybridized carbons (Fsp3) is 0.429. The van der Waals surface area contributed by atoms with Gasteiger partial charge in [0.05, 0.1) is 12.6 Å². The van der Waals surface area contributed by atoms with E-state index in [1.165, 1.54) is 0 Å². The van der Waals surface area contributed by atoms with Crippen molar-refractivity contribution in [3.8, 4) is 5.75 Å². The van der Waals surface area contributed by atoms with Crippen molar-refractivity contribution in [1.29, 1.82) is 0 Å². The Bertz CT molecular complexity index is 490. The first kappa shape index (κ1) is 12.0. The molecule has 0 aliphatic rings. The molecule has 0 spiro atoms. The predicted molar refractivity (Wildman–Crippen MR) is 69.2 cm³/mol. The number of benzene rings is 1. The summed E-state index contributed by atoms with van der Waals surface area (Å²) in [6.07, 6.45) is 1.88. The van der Waals surface area contributed by atoms with Crippen LogP contribution in [0.1, 0.15) is 38.5 Å². The van der Waals surface area contributed by atoms with Gasteiger partial charge >= 0.3 is 0 Å². The van der Waals surface area contributed by atoms with Gasteiger partial charge in [-0.25, -0.2) is 0 Å². The number of rotatable bonds is 5. The lowest BCUT2D eigenvalue weighted by Crippen LogP contribution is -2.06. The van der Waals surface area contributed by atoms with Crippen molar-refractivity contribution in [3.05, 3.63) is 30.0 Å². The van der Waals surface area contributed by atoms with Crippen molar-refractivity contribution < 1.29 is 9.15 Å². The molecule has 17 heavy (non-hydrogen) atoms. The lowest BCUT2D eigenvalue weighted by atomic mass is 10.1. The van der Waals surface area contributed by atoms with Crippen molar-refractivity contribution in [2.75, 3.05) is 6.61 Å². The molecule has 0 radical (unpaired) electrons. The average Bonchev–Trinajstić information content (AvgIpc) is 2.78. The van der Waals surface area contributed by atoms with Crippen LogP contribution in [-0.2, 0) is 0 Å². The van der Waals surface area contributed by atoms with E-state index in [4.69, 9.17) is 14.9 Å². The molecule has 2 aromatic rings. The highest BCUT2D eigenvalue weighted by atomic mass is 16.5. The van der Waals surface area contributed by atoms with E-state index in [0.29, 0.717) is 0 Å². The van der Waals surface area contributed by atoms with Crippen molar-refractivity contribution >= 4 is 11.0 Å². The molecule has 0 aliphatic heterocycles. The fourth-order valence-electron chi connectivity index (χ4n) is 1.74. The van der Waals surface area contributed by atoms with E-state index in [9.17, 15) is 0 Å². The monoisotopic (exact) mass is 233 g/mol. The standard InChI is InChI=1S/C14H19NO2/c1-3-7-16-11-5-6-13-10(8-11)9-14(17-13)12(15)4-2/h5-6,8-9,12H,3-4,7,15H2,1-2H3. The number of hydrogen-bond acceptors (Lipinski definition) is 3. The minimum atomic E-state index is -0.0255. The van der Waals surface area contributed by atoms with E-state index < -0.39 is 0 Å². The maximum atomic E-state index is 5.95. The molecule has 0 aliphatic carbocycles. The van der Waals surface area contributed by atoms with Crippen LogP contribution < -0.4 is 10.5 Å². The maximum Gasteiger partial charge on any atom is 0.134 e. The number of fused-ring (bicyclic) bond motifs is 1. The van der Waals surface area contributed by atoms with Crippen LogP contribution in [0.3, 0.4) is 0 Å². The minimum Gasteiger partial charge on any atom is -0.494 e. The van der Waals surface area contributed by atoms with Gasteiger partial charge in [0.1, 0.15) is 17.1 Å². The predicted octanol–water partition coefficient (Wildman–Crippen LogP) is 3.63. The quantitative estimate of drug-likeness (QED) is 0.857. The van der Waals surface area contributed by atoms with Crippen molar-refractivity contribution in [3.63, 3.8) is 0 Å². The zero-order valence-corrected chi connectivity index (χ0v) is 10.4. The molecule has 1 heterocycles. The van der Waals surface area contributed by atoms with Gasteiger partial charge in [-0.1, -0.05) is 13.8 Å². The Morgan fingerprint density at radius 2 is 2.12 bits per heavy atom. The van der Waals surface area contributed by atoms with Crippen LogP contribution in [0.4, 0.5) is 0 Å². The Morgan fingerprint density at radius 3 is 2.82 bits per heavy atom. The topological polar surface area (TPSA) is 48.4 Å². The Balaban J connectivity index is 2.27. The molecule has 92 valence electrons. The van der Waals surface area contributed by atoms with Crippen LogP contribution in [-0.4, -0.2) is 6.61 Å². The van der Waals surface area contributed by atoms with Gasteiger partial charge < -0.3 is 14.9 Å². The van der Waals surface area contributed by atoms with Crippen molar-refractivity contribution in [2.45, 2.75) is 32.7 Å². The molecule has 1 aromatic carbocycles. The molecule has 0 saturated carbocycles. The average molecular weight is 233 g/mol. The van der Waals surface area contributed by atoms with Gasteiger partial charge in [0, 0.05) is 5.39 Å². The van der Waals surface area contributed by atoms with E-state index in [0.717, 1.165) is 41.9 Å². The molecule has 3 heteroatoms. The summed E-state index contributed by atoms with van der Waals surface area (Å²) in [6, 6.07) is 7.85. The Labute approximate surface area is 102 Å². The van der Waals surface area contributed by atoms with E-state index in [1.807, 2.05) is 31.2 Å². The summed E-state index contributed by atoms with van der Waals surface area (Å²) >= 11 is 0. The van der Waals surface area contributed by atoms with Crippen LogP contribution in [0.2, 0.25) is 0 Å². The van der Waals surface area contributed by atoms with Crippen LogP contribution in [0.5, 0.6) is 5.75 Å². The largest absolute Gasteiger partial charge is 0.494 e. The zero-order chi connectivity index (χ0) is 12.3. The lowest BCUT2D eigenvalue weighted by Gasteiger charge is -2.03. The third-order valence-electron chi connectivity index (χ3n) is 2.78. The van der Waals surface area contributed by atoms with E-state index in [-0.39, 0.29) is 6.04 Å². The van der Waals surface area contributed by atoms with Crippen LogP contribution in [0, 0.1) is 0 Å². The Kier molecular flexibility index (Phi) is 3.69. The van der Waals surface area contributed by atoms with Gasteiger partial charge in [-0.2, -0.15) is 0 Å². The summed E-state index contributed by atoms with van der Waals surface area (Å²) in [5.74, 6) is 1.73. The van der Waals surface area contributed by atoms with Gasteiger partial charge in [0.2, 0.25) is 0 Å². The van der Waals surface area contributed by atoms with Crippen molar-refractivity contribution in [1.82, 2.24) is 0 Å². The van der Waals surface area contributed by atoms with Crippen LogP contribution in [0.25, 0.3) is 11.0 Å². The molecular formula is C14H19NO2. The Morgan fingerprint density at radius 1 is 1.29 bits per heavy atom. The van der Waals surface area contributed by atoms with Gasteiger partial charge in [0.15, 0.2) is 0 Å². The number of nitrogens with two attached hydrogens (primary N) is 1. The molecule has 0 fully saturated rings. The second-order valence-electron chi connectivity index (χ2n) is 4.21. The normalized spacial score (nSPS) is 12.9. The molecule has 2 rings (SSSR count). The summed E-state index contributed by atoms with van der Waals surface area (Å²) in [5, 5.41) is 1.05. The first-order valence-electron chi connectivity index (χ1n) is 6.16. The molecule has 0 amide bonds. The summed E-state index contributed by atoms with van der Waals surface area (Å²) in [4.78, 5) is 0. The third kappa shape index (κ3) is 2.61. The van der Waals surface area contributed by atoms with Gasteiger partial charge in [-0.05, 0) is 37.1 Å². The summed E-state index contributed by atoms with van der Waals surface area (Å²) < 4.78 is 11.3. The van der Waals surface area contributed by atoms with Gasteiger partial charge in [-0.15, -0.1) is 0 Å². The molecular weight excluding hydrogens is 214 g/mol. The van der Waals surface area contributed by atoms with E-state index >= 15 is 0 Å². The summed E-state index contributed by atoms with van der Waals surface area (Å²) in [6.45, 7) is 4.88. The zero-order valence-electron chi connectivity index (χ0n) is 10.4. The highest BCUT2D eigenvalue weighted by Crippen LogP contribution is 2.27. The SMILES string of the molecule is CCCOc1ccc2oc(C(N)CC)cc2c1. The van der Waals surface area contributed by atoms with Crippen LogP contribution in [0.15, 0.2) is 28.7 Å². The number of furan rings is 1. The van der Waals surface area contributed by atoms with E-state index in [1.54, 1.807) is 0 Å². The minimum absolute atomic E-state index is 0.0255. The fourth-order valence-corrected chi connectivity index (χ4v) is 1.74. The number of ether oxygens (including phenoxy) is 1. The smallest absolute Gasteiger partial charge is 0.134 e. The summed E-state index contributed by atoms with van der Waals surface area (Å²) in [5.41, 5.74) is 6.82. The highest BCUT2D eigenvalue weighted by Gasteiger charge is 2.10. The van der Waals surface area contributed by atoms with Crippen molar-refractivity contribution in [2.24, 2.45) is 5.73 Å². The van der Waals surface area contributed by atoms with Gasteiger partial charge in [-0.3, -0.25) is 0 Å². The molecule has 3 nitrogen and oxygen atoms in total. The van der Waals surface area contributed by atoms with Crippen LogP contribution >= 0.6 is 0 Å². The molecule has 1 aromatic heterocycles. The van der Waals surface area contributed by atoms with E-state index in [2.05, 4.69) is 6.92 Å². The first-order valence-corrected chi connectivity index (χ1v) is 6.16. The summed E-state index contributed by atoms with van der Waals surface area (Å²) in [7, 11) is 0. The molecule has 1 unspecified atom stereocenters. The number of hydrogen-bond donors (Lipinski definition) is 1. The Hall–Kier alpha value is -1.48. The highest BCUT2D eigenvalue weighted by molar-refractivity contribution is 5.79. The molecule has 0 saturated heterocycles.